The Balaban J connectivity index is 1.87. The molecule has 1 saturated carbocycles. The lowest BCUT2D eigenvalue weighted by Gasteiger charge is -2.33. The van der Waals surface area contributed by atoms with Gasteiger partial charge < -0.3 is 14.4 Å². The molecule has 4 nitrogen and oxygen atoms in total. The molecule has 0 saturated heterocycles. The van der Waals surface area contributed by atoms with Crippen molar-refractivity contribution in [2.45, 2.75) is 69.1 Å². The molecule has 210 valence electrons. The number of rotatable bonds is 9. The molecule has 0 aliphatic heterocycles. The van der Waals surface area contributed by atoms with Crippen molar-refractivity contribution in [3.63, 3.8) is 0 Å². The van der Waals surface area contributed by atoms with E-state index in [-0.39, 0.29) is 36.0 Å². The Labute approximate surface area is 216 Å². The maximum Gasteiger partial charge on any atom is 0.416 e. The summed E-state index contributed by atoms with van der Waals surface area (Å²) < 4.78 is 105. The topological polar surface area (TPSA) is 38.8 Å². The first-order valence-corrected chi connectivity index (χ1v) is 12.2. The van der Waals surface area contributed by atoms with E-state index in [0.717, 1.165) is 5.56 Å². The van der Waals surface area contributed by atoms with E-state index >= 15 is 0 Å². The number of halogens is 7. The first-order valence-electron chi connectivity index (χ1n) is 12.2. The van der Waals surface area contributed by atoms with E-state index in [1.807, 2.05) is 11.9 Å². The molecular weight excluding hydrogens is 519 g/mol. The second-order valence-electron chi connectivity index (χ2n) is 9.54. The SMILES string of the molecule is COC(=O)CCCN(C)C1CCC(OC(C)c2cc(C(F)(F)F)cc(C(F)(F)F)c2)C1c1ccc(F)cc1. The zero-order chi connectivity index (χ0) is 28.3. The molecule has 3 rings (SSSR count). The minimum Gasteiger partial charge on any atom is -0.469 e. The summed E-state index contributed by atoms with van der Waals surface area (Å²) in [6.45, 7) is 1.97. The summed E-state index contributed by atoms with van der Waals surface area (Å²) in [5.41, 5.74) is -2.30. The largest absolute Gasteiger partial charge is 0.469 e. The lowest BCUT2D eigenvalue weighted by atomic mass is 9.91. The van der Waals surface area contributed by atoms with Crippen molar-refractivity contribution >= 4 is 5.97 Å². The van der Waals surface area contributed by atoms with Gasteiger partial charge in [-0.1, -0.05) is 12.1 Å². The van der Waals surface area contributed by atoms with Gasteiger partial charge in [0.15, 0.2) is 0 Å². The van der Waals surface area contributed by atoms with E-state index in [1.165, 1.54) is 26.2 Å². The molecule has 38 heavy (non-hydrogen) atoms. The summed E-state index contributed by atoms with van der Waals surface area (Å²) in [7, 11) is 3.17. The summed E-state index contributed by atoms with van der Waals surface area (Å²) in [6.07, 6.45) is -9.67. The molecule has 2 aromatic rings. The Morgan fingerprint density at radius 2 is 1.58 bits per heavy atom. The molecule has 0 aromatic heterocycles. The lowest BCUT2D eigenvalue weighted by Crippen LogP contribution is -2.37. The van der Waals surface area contributed by atoms with Crippen molar-refractivity contribution in [1.82, 2.24) is 4.90 Å². The monoisotopic (exact) mass is 549 g/mol. The highest BCUT2D eigenvalue weighted by Gasteiger charge is 2.42. The molecule has 2 aromatic carbocycles. The maximum atomic E-state index is 13.6. The minimum absolute atomic E-state index is 0.0897. The molecule has 1 fully saturated rings. The lowest BCUT2D eigenvalue weighted by molar-refractivity contribution is -0.143. The Hall–Kier alpha value is -2.66. The summed E-state index contributed by atoms with van der Waals surface area (Å²) in [5.74, 6) is -1.10. The molecule has 4 unspecified atom stereocenters. The van der Waals surface area contributed by atoms with Crippen LogP contribution in [0.2, 0.25) is 0 Å². The van der Waals surface area contributed by atoms with Crippen LogP contribution in [-0.4, -0.2) is 43.7 Å². The highest BCUT2D eigenvalue weighted by atomic mass is 19.4. The molecule has 0 radical (unpaired) electrons. The number of carbonyl (C=O) groups is 1. The predicted octanol–water partition coefficient (Wildman–Crippen LogP) is 7.14. The third-order valence-corrected chi connectivity index (χ3v) is 6.96. The molecular formula is C27H30F7NO3. The molecule has 0 heterocycles. The molecule has 0 spiro atoms. The normalized spacial score (nSPS) is 21.1. The smallest absolute Gasteiger partial charge is 0.416 e. The van der Waals surface area contributed by atoms with Crippen LogP contribution in [0.1, 0.15) is 66.9 Å². The molecule has 0 amide bonds. The van der Waals surface area contributed by atoms with E-state index in [4.69, 9.17) is 4.74 Å². The number of hydrogen-bond donors (Lipinski definition) is 0. The van der Waals surface area contributed by atoms with Crippen LogP contribution in [0.25, 0.3) is 0 Å². The summed E-state index contributed by atoms with van der Waals surface area (Å²) in [4.78, 5) is 13.5. The van der Waals surface area contributed by atoms with E-state index in [0.29, 0.717) is 37.9 Å². The van der Waals surface area contributed by atoms with Crippen LogP contribution in [0.5, 0.6) is 0 Å². The van der Waals surface area contributed by atoms with Gasteiger partial charge in [0.05, 0.1) is 30.4 Å². The summed E-state index contributed by atoms with van der Waals surface area (Å²) in [6, 6.07) is 7.14. The molecule has 11 heteroatoms. The number of esters is 1. The van der Waals surface area contributed by atoms with Gasteiger partial charge in [0.2, 0.25) is 0 Å². The Morgan fingerprint density at radius 1 is 1.00 bits per heavy atom. The zero-order valence-corrected chi connectivity index (χ0v) is 21.2. The number of ether oxygens (including phenoxy) is 2. The van der Waals surface area contributed by atoms with Crippen molar-refractivity contribution in [1.29, 1.82) is 0 Å². The van der Waals surface area contributed by atoms with Crippen molar-refractivity contribution in [2.24, 2.45) is 0 Å². The van der Waals surface area contributed by atoms with Crippen LogP contribution in [0, 0.1) is 5.82 Å². The predicted molar refractivity (Wildman–Crippen MR) is 126 cm³/mol. The van der Waals surface area contributed by atoms with Gasteiger partial charge in [0, 0.05) is 18.4 Å². The van der Waals surface area contributed by atoms with Gasteiger partial charge in [0.25, 0.3) is 0 Å². The van der Waals surface area contributed by atoms with Crippen LogP contribution in [0.3, 0.4) is 0 Å². The van der Waals surface area contributed by atoms with Crippen LogP contribution < -0.4 is 0 Å². The number of hydrogen-bond acceptors (Lipinski definition) is 4. The molecule has 1 aliphatic rings. The molecule has 0 N–H and O–H groups in total. The van der Waals surface area contributed by atoms with Gasteiger partial charge in [-0.05, 0) is 81.2 Å². The molecule has 0 bridgehead atoms. The maximum absolute atomic E-state index is 13.6. The van der Waals surface area contributed by atoms with Crippen LogP contribution in [-0.2, 0) is 26.6 Å². The van der Waals surface area contributed by atoms with E-state index in [2.05, 4.69) is 4.74 Å². The number of carbonyl (C=O) groups excluding carboxylic acids is 1. The molecule has 1 aliphatic carbocycles. The number of nitrogens with zero attached hydrogens (tertiary/aromatic N) is 1. The van der Waals surface area contributed by atoms with Gasteiger partial charge in [-0.3, -0.25) is 4.79 Å². The van der Waals surface area contributed by atoms with Crippen molar-refractivity contribution in [3.05, 3.63) is 70.5 Å². The van der Waals surface area contributed by atoms with Crippen molar-refractivity contribution < 1.29 is 45.0 Å². The molecule has 4 atom stereocenters. The fourth-order valence-corrected chi connectivity index (χ4v) is 5.01. The van der Waals surface area contributed by atoms with Crippen LogP contribution in [0.15, 0.2) is 42.5 Å². The number of likely N-dealkylation sites (N-methyl/N-ethyl adjacent to an activating group) is 1. The Kier molecular flexibility index (Phi) is 9.46. The minimum atomic E-state index is -4.96. The van der Waals surface area contributed by atoms with Crippen molar-refractivity contribution in [3.8, 4) is 0 Å². The van der Waals surface area contributed by atoms with E-state index in [9.17, 15) is 35.5 Å². The Morgan fingerprint density at radius 3 is 2.11 bits per heavy atom. The Bertz CT molecular complexity index is 1050. The number of methoxy groups -OCH3 is 1. The number of alkyl halides is 6. The number of benzene rings is 2. The first kappa shape index (κ1) is 29.9. The van der Waals surface area contributed by atoms with Gasteiger partial charge in [-0.25, -0.2) is 4.39 Å². The third kappa shape index (κ3) is 7.47. The third-order valence-electron chi connectivity index (χ3n) is 6.96. The van der Waals surface area contributed by atoms with Gasteiger partial charge >= 0.3 is 18.3 Å². The quantitative estimate of drug-likeness (QED) is 0.246. The van der Waals surface area contributed by atoms with Gasteiger partial charge in [-0.2, -0.15) is 26.3 Å². The summed E-state index contributed by atoms with van der Waals surface area (Å²) in [5, 5.41) is 0. The van der Waals surface area contributed by atoms with Crippen molar-refractivity contribution in [2.75, 3.05) is 20.7 Å². The van der Waals surface area contributed by atoms with E-state index in [1.54, 1.807) is 12.1 Å². The second kappa shape index (κ2) is 12.0. The standard InChI is InChI=1S/C27H30F7NO3/c1-16(18-13-19(26(29,30)31)15-20(14-18)27(32,33)34)38-23-11-10-22(35(2)12-4-5-24(36)37-3)25(23)17-6-8-21(28)9-7-17/h6-9,13-16,22-23,25H,4-5,10-12H2,1-3H3. The van der Waals surface area contributed by atoms with Crippen LogP contribution in [0.4, 0.5) is 30.7 Å². The fraction of sp³-hybridized carbons (Fsp3) is 0.519. The highest BCUT2D eigenvalue weighted by Crippen LogP contribution is 2.43. The highest BCUT2D eigenvalue weighted by molar-refractivity contribution is 5.69. The van der Waals surface area contributed by atoms with Gasteiger partial charge in [0.1, 0.15) is 5.82 Å². The first-order chi connectivity index (χ1) is 17.7. The van der Waals surface area contributed by atoms with E-state index < -0.39 is 41.5 Å². The van der Waals surface area contributed by atoms with Crippen LogP contribution >= 0.6 is 0 Å². The average molecular weight is 550 g/mol. The zero-order valence-electron chi connectivity index (χ0n) is 21.2. The fourth-order valence-electron chi connectivity index (χ4n) is 5.01. The van der Waals surface area contributed by atoms with Gasteiger partial charge in [-0.15, -0.1) is 0 Å². The summed E-state index contributed by atoms with van der Waals surface area (Å²) >= 11 is 0. The second-order valence-corrected chi connectivity index (χ2v) is 9.54. The average Bonchev–Trinajstić information content (AvgIpc) is 3.26.